The van der Waals surface area contributed by atoms with E-state index in [1.807, 2.05) is 17.4 Å². The number of aromatic nitrogens is 2. The lowest BCUT2D eigenvalue weighted by Crippen LogP contribution is -2.35. The molecule has 0 saturated heterocycles. The van der Waals surface area contributed by atoms with Crippen molar-refractivity contribution in [2.45, 2.75) is 38.3 Å². The maximum Gasteiger partial charge on any atom is 0.254 e. The second-order valence-corrected chi connectivity index (χ2v) is 8.41. The first kappa shape index (κ1) is 16.0. The van der Waals surface area contributed by atoms with Crippen molar-refractivity contribution in [3.05, 3.63) is 74.8 Å². The van der Waals surface area contributed by atoms with Gasteiger partial charge in [0.2, 0.25) is 0 Å². The molecule has 0 atom stereocenters. The molecule has 1 aliphatic heterocycles. The molecule has 132 valence electrons. The van der Waals surface area contributed by atoms with Gasteiger partial charge in [-0.1, -0.05) is 30.3 Å². The van der Waals surface area contributed by atoms with Gasteiger partial charge < -0.3 is 4.98 Å². The lowest BCUT2D eigenvalue weighted by molar-refractivity contribution is 0.242. The number of fused-ring (bicyclic) bond motifs is 1. The molecule has 1 saturated carbocycles. The van der Waals surface area contributed by atoms with E-state index in [0.717, 1.165) is 56.0 Å². The number of nitrogens with one attached hydrogen (secondary N) is 1. The number of rotatable bonds is 4. The quantitative estimate of drug-likeness (QED) is 0.764. The minimum absolute atomic E-state index is 0.0824. The summed E-state index contributed by atoms with van der Waals surface area (Å²) in [5.74, 6) is 1.38. The maximum absolute atomic E-state index is 12.3. The van der Waals surface area contributed by atoms with Crippen molar-refractivity contribution in [3.63, 3.8) is 0 Å². The average Bonchev–Trinajstić information content (AvgIpc) is 3.42. The molecule has 2 aromatic heterocycles. The Hall–Kier alpha value is -2.24. The zero-order chi connectivity index (χ0) is 17.5. The second-order valence-electron chi connectivity index (χ2n) is 7.24. The van der Waals surface area contributed by atoms with Crippen LogP contribution in [-0.4, -0.2) is 21.4 Å². The second kappa shape index (κ2) is 6.49. The lowest BCUT2D eigenvalue weighted by atomic mass is 10.1. The van der Waals surface area contributed by atoms with Crippen LogP contribution in [0.25, 0.3) is 10.4 Å². The third kappa shape index (κ3) is 3.13. The van der Waals surface area contributed by atoms with Crippen molar-refractivity contribution in [3.8, 4) is 10.4 Å². The monoisotopic (exact) mass is 363 g/mol. The topological polar surface area (TPSA) is 49.0 Å². The highest BCUT2D eigenvalue weighted by Gasteiger charge is 2.29. The highest BCUT2D eigenvalue weighted by atomic mass is 32.1. The van der Waals surface area contributed by atoms with Crippen molar-refractivity contribution in [2.75, 3.05) is 6.54 Å². The van der Waals surface area contributed by atoms with Gasteiger partial charge in [-0.25, -0.2) is 4.98 Å². The summed E-state index contributed by atoms with van der Waals surface area (Å²) < 4.78 is 0. The summed E-state index contributed by atoms with van der Waals surface area (Å²) in [6, 6.07) is 15.0. The molecule has 0 amide bonds. The van der Waals surface area contributed by atoms with Gasteiger partial charge in [0, 0.05) is 40.9 Å². The minimum atomic E-state index is 0.0824. The summed E-state index contributed by atoms with van der Waals surface area (Å²) in [6.07, 6.45) is 3.10. The third-order valence-corrected chi connectivity index (χ3v) is 6.35. The molecule has 3 heterocycles. The Balaban J connectivity index is 1.34. The van der Waals surface area contributed by atoms with E-state index in [2.05, 4.69) is 46.3 Å². The fraction of sp³-hybridized carbons (Fsp3) is 0.333. The van der Waals surface area contributed by atoms with Crippen molar-refractivity contribution in [2.24, 2.45) is 0 Å². The Labute approximate surface area is 156 Å². The molecule has 4 nitrogen and oxygen atoms in total. The van der Waals surface area contributed by atoms with Gasteiger partial charge in [0.1, 0.15) is 5.82 Å². The number of nitrogens with zero attached hydrogens (tertiary/aromatic N) is 2. The van der Waals surface area contributed by atoms with E-state index >= 15 is 0 Å². The van der Waals surface area contributed by atoms with Gasteiger partial charge in [-0.15, -0.1) is 11.3 Å². The summed E-state index contributed by atoms with van der Waals surface area (Å²) in [6.45, 7) is 2.61. The number of benzene rings is 1. The van der Waals surface area contributed by atoms with Crippen LogP contribution in [0.3, 0.4) is 0 Å². The van der Waals surface area contributed by atoms with E-state index in [4.69, 9.17) is 4.98 Å². The Morgan fingerprint density at radius 3 is 2.81 bits per heavy atom. The predicted octanol–water partition coefficient (Wildman–Crippen LogP) is 3.93. The van der Waals surface area contributed by atoms with Crippen molar-refractivity contribution in [1.82, 2.24) is 14.9 Å². The standard InChI is InChI=1S/C21H21N3OS/c25-21-17-10-11-24(13-18(17)22-20(23-21)15-6-7-15)12-16-8-9-19(26-16)14-4-2-1-3-5-14/h1-5,8-9,15H,6-7,10-13H2,(H,22,23,25). The van der Waals surface area contributed by atoms with Crippen molar-refractivity contribution >= 4 is 11.3 Å². The molecule has 0 spiro atoms. The molecule has 5 heteroatoms. The highest BCUT2D eigenvalue weighted by Crippen LogP contribution is 2.38. The van der Waals surface area contributed by atoms with E-state index in [1.165, 1.54) is 15.3 Å². The number of H-pyrrole nitrogens is 1. The van der Waals surface area contributed by atoms with Gasteiger partial charge in [-0.3, -0.25) is 9.69 Å². The molecule has 5 rings (SSSR count). The van der Waals surface area contributed by atoms with Gasteiger partial charge in [0.15, 0.2) is 0 Å². The van der Waals surface area contributed by atoms with E-state index in [9.17, 15) is 4.79 Å². The molecule has 0 radical (unpaired) electrons. The molecule has 1 aromatic carbocycles. The summed E-state index contributed by atoms with van der Waals surface area (Å²) in [5, 5.41) is 0. The van der Waals surface area contributed by atoms with Crippen LogP contribution in [0.4, 0.5) is 0 Å². The Bertz CT molecular complexity index is 988. The van der Waals surface area contributed by atoms with E-state index in [1.54, 1.807) is 0 Å². The van der Waals surface area contributed by atoms with Gasteiger partial charge in [-0.2, -0.15) is 0 Å². The molecular weight excluding hydrogens is 342 g/mol. The van der Waals surface area contributed by atoms with Crippen LogP contribution in [0.15, 0.2) is 47.3 Å². The van der Waals surface area contributed by atoms with Crippen LogP contribution < -0.4 is 5.56 Å². The first-order chi connectivity index (χ1) is 12.8. The van der Waals surface area contributed by atoms with Crippen molar-refractivity contribution < 1.29 is 0 Å². The Kier molecular flexibility index (Phi) is 3.98. The van der Waals surface area contributed by atoms with Crippen LogP contribution in [0.2, 0.25) is 0 Å². The van der Waals surface area contributed by atoms with Gasteiger partial charge in [0.05, 0.1) is 5.69 Å². The molecule has 1 N–H and O–H groups in total. The largest absolute Gasteiger partial charge is 0.310 e. The fourth-order valence-corrected chi connectivity index (χ4v) is 4.69. The number of hydrogen-bond donors (Lipinski definition) is 1. The average molecular weight is 363 g/mol. The SMILES string of the molecule is O=c1[nH]c(C2CC2)nc2c1CCN(Cc1ccc(-c3ccccc3)s1)C2. The van der Waals surface area contributed by atoms with E-state index < -0.39 is 0 Å². The van der Waals surface area contributed by atoms with Crippen LogP contribution in [-0.2, 0) is 19.5 Å². The summed E-state index contributed by atoms with van der Waals surface area (Å²) in [5.41, 5.74) is 3.23. The zero-order valence-corrected chi connectivity index (χ0v) is 15.4. The Morgan fingerprint density at radius 1 is 1.15 bits per heavy atom. The summed E-state index contributed by atoms with van der Waals surface area (Å²) >= 11 is 1.85. The van der Waals surface area contributed by atoms with Gasteiger partial charge in [-0.05, 0) is 37.0 Å². The van der Waals surface area contributed by atoms with Crippen LogP contribution >= 0.6 is 11.3 Å². The first-order valence-corrected chi connectivity index (χ1v) is 10.1. The fourth-order valence-electron chi connectivity index (χ4n) is 3.64. The molecule has 26 heavy (non-hydrogen) atoms. The molecule has 1 fully saturated rings. The smallest absolute Gasteiger partial charge is 0.254 e. The van der Waals surface area contributed by atoms with Gasteiger partial charge in [0.25, 0.3) is 5.56 Å². The molecule has 0 bridgehead atoms. The normalized spacial score (nSPS) is 17.2. The first-order valence-electron chi connectivity index (χ1n) is 9.25. The molecule has 1 aliphatic carbocycles. The summed E-state index contributed by atoms with van der Waals surface area (Å²) in [4.78, 5) is 25.2. The highest BCUT2D eigenvalue weighted by molar-refractivity contribution is 7.15. The lowest BCUT2D eigenvalue weighted by Gasteiger charge is -2.27. The molecule has 2 aliphatic rings. The third-order valence-electron chi connectivity index (χ3n) is 5.23. The Morgan fingerprint density at radius 2 is 2.00 bits per heavy atom. The number of thiophene rings is 1. The minimum Gasteiger partial charge on any atom is -0.310 e. The summed E-state index contributed by atoms with van der Waals surface area (Å²) in [7, 11) is 0. The van der Waals surface area contributed by atoms with E-state index in [0.29, 0.717) is 5.92 Å². The number of hydrogen-bond acceptors (Lipinski definition) is 4. The van der Waals surface area contributed by atoms with Crippen LogP contribution in [0, 0.1) is 0 Å². The van der Waals surface area contributed by atoms with Gasteiger partial charge >= 0.3 is 0 Å². The molecule has 0 unspecified atom stereocenters. The molecule has 3 aromatic rings. The maximum atomic E-state index is 12.3. The predicted molar refractivity (Wildman–Crippen MR) is 104 cm³/mol. The van der Waals surface area contributed by atoms with Crippen LogP contribution in [0.5, 0.6) is 0 Å². The van der Waals surface area contributed by atoms with Crippen LogP contribution in [0.1, 0.15) is 40.7 Å². The van der Waals surface area contributed by atoms with Crippen molar-refractivity contribution in [1.29, 1.82) is 0 Å². The van der Waals surface area contributed by atoms with E-state index in [-0.39, 0.29) is 5.56 Å². The molecular formula is C21H21N3OS. The zero-order valence-electron chi connectivity index (χ0n) is 14.6. The number of aromatic amines is 1.